The molecule has 1 amide bonds. The van der Waals surface area contributed by atoms with E-state index in [1.807, 2.05) is 17.7 Å². The smallest absolute Gasteiger partial charge is 0.256 e. The molecule has 1 aliphatic carbocycles. The lowest BCUT2D eigenvalue weighted by Crippen LogP contribution is -2.22. The lowest BCUT2D eigenvalue weighted by atomic mass is 9.88. The summed E-state index contributed by atoms with van der Waals surface area (Å²) >= 11 is 0. The van der Waals surface area contributed by atoms with Crippen molar-refractivity contribution >= 4 is 21.6 Å². The maximum atomic E-state index is 13.1. The minimum atomic E-state index is -3.45. The van der Waals surface area contributed by atoms with E-state index in [0.29, 0.717) is 16.9 Å². The molecule has 178 valence electrons. The second kappa shape index (κ2) is 9.50. The Morgan fingerprint density at radius 1 is 1.00 bits per heavy atom. The molecule has 1 atom stereocenters. The van der Waals surface area contributed by atoms with E-state index in [1.54, 1.807) is 60.8 Å². The number of amides is 1. The van der Waals surface area contributed by atoms with Crippen LogP contribution in [-0.4, -0.2) is 24.1 Å². The van der Waals surface area contributed by atoms with E-state index in [2.05, 4.69) is 28.6 Å². The minimum absolute atomic E-state index is 0.0783. The number of nitrogens with zero attached hydrogens (tertiary/aromatic N) is 2. The van der Waals surface area contributed by atoms with Crippen LogP contribution in [0.4, 0.5) is 5.82 Å². The molecule has 0 bridgehead atoms. The fourth-order valence-electron chi connectivity index (χ4n) is 4.69. The van der Waals surface area contributed by atoms with Gasteiger partial charge in [-0.3, -0.25) is 4.79 Å². The number of aryl methyl sites for hydroxylation is 2. The zero-order valence-corrected chi connectivity index (χ0v) is 20.3. The minimum Gasteiger partial charge on any atom is -0.307 e. The summed E-state index contributed by atoms with van der Waals surface area (Å²) in [5.74, 6) is 0.315. The van der Waals surface area contributed by atoms with Crippen molar-refractivity contribution in [1.82, 2.24) is 9.78 Å². The van der Waals surface area contributed by atoms with Crippen molar-refractivity contribution in [1.29, 1.82) is 0 Å². The van der Waals surface area contributed by atoms with Crippen molar-refractivity contribution in [3.8, 4) is 0 Å². The lowest BCUT2D eigenvalue weighted by molar-refractivity contribution is 0.102. The second-order valence-corrected chi connectivity index (χ2v) is 10.9. The predicted molar refractivity (Wildman–Crippen MR) is 136 cm³/mol. The molecule has 1 aliphatic rings. The van der Waals surface area contributed by atoms with Gasteiger partial charge in [0, 0.05) is 11.1 Å². The highest BCUT2D eigenvalue weighted by Crippen LogP contribution is 2.35. The third kappa shape index (κ3) is 4.77. The zero-order chi connectivity index (χ0) is 24.4. The van der Waals surface area contributed by atoms with Crippen molar-refractivity contribution in [3.63, 3.8) is 0 Å². The molecule has 3 aromatic carbocycles. The second-order valence-electron chi connectivity index (χ2n) is 8.95. The summed E-state index contributed by atoms with van der Waals surface area (Å²) in [6.45, 7) is 1.94. The van der Waals surface area contributed by atoms with Crippen LogP contribution in [0.25, 0.3) is 0 Å². The van der Waals surface area contributed by atoms with Gasteiger partial charge < -0.3 is 5.32 Å². The molecule has 6 nitrogen and oxygen atoms in total. The van der Waals surface area contributed by atoms with Crippen LogP contribution < -0.4 is 5.32 Å². The van der Waals surface area contributed by atoms with Crippen molar-refractivity contribution in [2.75, 3.05) is 5.32 Å². The van der Waals surface area contributed by atoms with Gasteiger partial charge in [0.2, 0.25) is 0 Å². The monoisotopic (exact) mass is 485 g/mol. The topological polar surface area (TPSA) is 81.1 Å². The van der Waals surface area contributed by atoms with Gasteiger partial charge in [0.25, 0.3) is 5.91 Å². The van der Waals surface area contributed by atoms with Gasteiger partial charge in [-0.15, -0.1) is 0 Å². The van der Waals surface area contributed by atoms with Gasteiger partial charge >= 0.3 is 0 Å². The molecule has 0 fully saturated rings. The lowest BCUT2D eigenvalue weighted by Gasteiger charge is -2.27. The molecule has 0 saturated carbocycles. The highest BCUT2D eigenvalue weighted by molar-refractivity contribution is 7.90. The Labute approximate surface area is 205 Å². The first-order valence-corrected chi connectivity index (χ1v) is 13.4. The van der Waals surface area contributed by atoms with Crippen LogP contribution in [0.5, 0.6) is 0 Å². The predicted octanol–water partition coefficient (Wildman–Crippen LogP) is 5.34. The summed E-state index contributed by atoms with van der Waals surface area (Å²) in [7, 11) is -3.45. The van der Waals surface area contributed by atoms with Crippen LogP contribution in [0, 0.1) is 6.92 Å². The van der Waals surface area contributed by atoms with E-state index in [1.165, 1.54) is 11.1 Å². The van der Waals surface area contributed by atoms with Crippen LogP contribution in [0.3, 0.4) is 0 Å². The average Bonchev–Trinajstić information content (AvgIpc) is 3.24. The number of fused-ring (bicyclic) bond motifs is 1. The summed E-state index contributed by atoms with van der Waals surface area (Å²) in [5, 5.41) is 7.64. The van der Waals surface area contributed by atoms with Gasteiger partial charge in [0.15, 0.2) is 9.84 Å². The first-order valence-electron chi connectivity index (χ1n) is 11.7. The normalized spacial score (nSPS) is 15.4. The molecular weight excluding hydrogens is 458 g/mol. The summed E-state index contributed by atoms with van der Waals surface area (Å²) in [6, 6.07) is 23.6. The summed E-state index contributed by atoms with van der Waals surface area (Å²) in [6.07, 6.45) is 4.87. The largest absolute Gasteiger partial charge is 0.307 e. The van der Waals surface area contributed by atoms with Crippen LogP contribution in [0.15, 0.2) is 90.0 Å². The zero-order valence-electron chi connectivity index (χ0n) is 19.5. The molecule has 1 heterocycles. The molecule has 1 aromatic heterocycles. The first kappa shape index (κ1) is 23.1. The molecule has 1 unspecified atom stereocenters. The van der Waals surface area contributed by atoms with Gasteiger partial charge in [-0.2, -0.15) is 5.10 Å². The van der Waals surface area contributed by atoms with E-state index in [4.69, 9.17) is 0 Å². The van der Waals surface area contributed by atoms with Gasteiger partial charge in [-0.05, 0) is 67.1 Å². The number of carbonyl (C=O) groups is 1. The molecule has 35 heavy (non-hydrogen) atoms. The number of rotatable bonds is 6. The van der Waals surface area contributed by atoms with Gasteiger partial charge in [-0.1, -0.05) is 54.6 Å². The van der Waals surface area contributed by atoms with E-state index in [9.17, 15) is 13.2 Å². The first-order chi connectivity index (χ1) is 16.9. The molecule has 0 saturated heterocycles. The number of benzene rings is 3. The maximum Gasteiger partial charge on any atom is 0.256 e. The van der Waals surface area contributed by atoms with E-state index >= 15 is 0 Å². The quantitative estimate of drug-likeness (QED) is 0.400. The van der Waals surface area contributed by atoms with E-state index in [-0.39, 0.29) is 22.6 Å². The molecule has 4 aromatic rings. The number of carbonyl (C=O) groups excluding carboxylic acids is 1. The maximum absolute atomic E-state index is 13.1. The van der Waals surface area contributed by atoms with Crippen LogP contribution in [0.2, 0.25) is 0 Å². The Kier molecular flexibility index (Phi) is 6.26. The Hall–Kier alpha value is -3.71. The number of sulfone groups is 1. The molecular formula is C28H27N3O3S. The van der Waals surface area contributed by atoms with Crippen molar-refractivity contribution in [2.24, 2.45) is 0 Å². The molecule has 5 rings (SSSR count). The average molecular weight is 486 g/mol. The highest BCUT2D eigenvalue weighted by Gasteiger charge is 2.25. The van der Waals surface area contributed by atoms with E-state index in [0.717, 1.165) is 24.8 Å². The Bertz CT molecular complexity index is 1460. The number of hydrogen-bond donors (Lipinski definition) is 1. The molecule has 0 radical (unpaired) electrons. The van der Waals surface area contributed by atoms with Crippen LogP contribution >= 0.6 is 0 Å². The van der Waals surface area contributed by atoms with Crippen molar-refractivity contribution in [3.05, 3.63) is 113 Å². The highest BCUT2D eigenvalue weighted by atomic mass is 32.2. The van der Waals surface area contributed by atoms with Gasteiger partial charge in [0.1, 0.15) is 5.82 Å². The van der Waals surface area contributed by atoms with Crippen molar-refractivity contribution < 1.29 is 13.2 Å². The summed E-state index contributed by atoms with van der Waals surface area (Å²) in [4.78, 5) is 13.4. The standard InChI is InChI=1S/C28H27N3O3S/c1-20-18-29-31(26-13-7-9-22-8-5-6-12-25(22)26)27(20)30-28(32)23-16-14-21(15-17-23)19-35(33,34)24-10-3-2-4-11-24/h2-6,8,10-12,14-18,26H,7,9,13,19H2,1H3,(H,30,32). The van der Waals surface area contributed by atoms with Gasteiger partial charge in [-0.25, -0.2) is 13.1 Å². The number of aromatic nitrogens is 2. The molecule has 7 heteroatoms. The molecule has 1 N–H and O–H groups in total. The summed E-state index contributed by atoms with van der Waals surface area (Å²) < 4.78 is 27.2. The summed E-state index contributed by atoms with van der Waals surface area (Å²) in [5.41, 5.74) is 4.57. The molecule has 0 aliphatic heterocycles. The van der Waals surface area contributed by atoms with Crippen LogP contribution in [0.1, 0.15) is 51.5 Å². The third-order valence-electron chi connectivity index (χ3n) is 6.52. The number of anilines is 1. The fourth-order valence-corrected chi connectivity index (χ4v) is 6.06. The SMILES string of the molecule is Cc1cnn(C2CCCc3ccccc32)c1NC(=O)c1ccc(CS(=O)(=O)c2ccccc2)cc1. The Morgan fingerprint density at radius 3 is 2.49 bits per heavy atom. The Balaban J connectivity index is 1.34. The van der Waals surface area contributed by atoms with Crippen molar-refractivity contribution in [2.45, 2.75) is 42.9 Å². The van der Waals surface area contributed by atoms with Crippen LogP contribution in [-0.2, 0) is 22.0 Å². The van der Waals surface area contributed by atoms with Gasteiger partial charge in [0.05, 0.1) is 22.9 Å². The molecule has 0 spiro atoms. The fraction of sp³-hybridized carbons (Fsp3) is 0.214. The van der Waals surface area contributed by atoms with E-state index < -0.39 is 9.84 Å². The Morgan fingerprint density at radius 2 is 1.71 bits per heavy atom. The number of nitrogens with one attached hydrogen (secondary N) is 1. The number of hydrogen-bond acceptors (Lipinski definition) is 4. The third-order valence-corrected chi connectivity index (χ3v) is 8.22.